The number of nitrogens with zero attached hydrogens (tertiary/aromatic N) is 1. The van der Waals surface area contributed by atoms with Gasteiger partial charge in [0.2, 0.25) is 0 Å². The Bertz CT molecular complexity index is 692. The second-order valence-corrected chi connectivity index (χ2v) is 5.59. The summed E-state index contributed by atoms with van der Waals surface area (Å²) in [6.45, 7) is 2.98. The maximum Gasteiger partial charge on any atom is 0.193 e. The van der Waals surface area contributed by atoms with Crippen LogP contribution in [0.25, 0.3) is 0 Å². The molecule has 0 saturated heterocycles. The molecule has 26 heavy (non-hydrogen) atoms. The summed E-state index contributed by atoms with van der Waals surface area (Å²) in [7, 11) is 0. The summed E-state index contributed by atoms with van der Waals surface area (Å²) in [6, 6.07) is 9.36. The highest BCUT2D eigenvalue weighted by atomic mass is 127. The molecule has 0 bridgehead atoms. The van der Waals surface area contributed by atoms with Crippen molar-refractivity contribution in [1.29, 1.82) is 0 Å². The normalized spacial score (nSPS) is 13.6. The zero-order valence-corrected chi connectivity index (χ0v) is 16.8. The molecule has 0 spiro atoms. The summed E-state index contributed by atoms with van der Waals surface area (Å²) in [5, 5.41) is 3.06. The Morgan fingerprint density at radius 1 is 1.19 bits per heavy atom. The summed E-state index contributed by atoms with van der Waals surface area (Å²) >= 11 is 0. The third-order valence-corrected chi connectivity index (χ3v) is 3.57. The number of anilines is 1. The summed E-state index contributed by atoms with van der Waals surface area (Å²) in [6.07, 6.45) is 3.29. The van der Waals surface area contributed by atoms with Crippen molar-refractivity contribution >= 4 is 35.6 Å². The maximum atomic E-state index is 5.92. The van der Waals surface area contributed by atoms with E-state index >= 15 is 0 Å². The minimum atomic E-state index is 0. The number of benzene rings is 1. The van der Waals surface area contributed by atoms with E-state index in [1.54, 1.807) is 6.26 Å². The first-order chi connectivity index (χ1) is 12.3. The number of fused-ring (bicyclic) bond motifs is 1. The van der Waals surface area contributed by atoms with E-state index in [2.05, 4.69) is 10.3 Å². The van der Waals surface area contributed by atoms with Crippen LogP contribution in [0.5, 0.6) is 11.5 Å². The average molecular weight is 473 g/mol. The van der Waals surface area contributed by atoms with Crippen molar-refractivity contribution in [3.63, 3.8) is 0 Å². The van der Waals surface area contributed by atoms with Gasteiger partial charge in [0.1, 0.15) is 12.4 Å². The molecule has 7 nitrogen and oxygen atoms in total. The lowest BCUT2D eigenvalue weighted by Gasteiger charge is -2.10. The van der Waals surface area contributed by atoms with Gasteiger partial charge in [0, 0.05) is 31.3 Å². The quantitative estimate of drug-likeness (QED) is 0.277. The number of rotatable bonds is 7. The van der Waals surface area contributed by atoms with Crippen molar-refractivity contribution in [1.82, 2.24) is 0 Å². The number of guanidine groups is 1. The van der Waals surface area contributed by atoms with Crippen molar-refractivity contribution in [2.24, 2.45) is 10.7 Å². The van der Waals surface area contributed by atoms with Gasteiger partial charge in [-0.1, -0.05) is 0 Å². The van der Waals surface area contributed by atoms with Crippen LogP contribution in [0.4, 0.5) is 5.69 Å². The van der Waals surface area contributed by atoms with Gasteiger partial charge in [0.15, 0.2) is 17.5 Å². The predicted octanol–water partition coefficient (Wildman–Crippen LogP) is 3.39. The first kappa shape index (κ1) is 20.4. The molecule has 0 aliphatic carbocycles. The van der Waals surface area contributed by atoms with Crippen molar-refractivity contribution in [2.75, 3.05) is 31.7 Å². The Kier molecular flexibility index (Phi) is 8.56. The van der Waals surface area contributed by atoms with Gasteiger partial charge in [0.05, 0.1) is 19.5 Å². The van der Waals surface area contributed by atoms with E-state index in [4.69, 9.17) is 24.4 Å². The summed E-state index contributed by atoms with van der Waals surface area (Å²) < 4.78 is 21.9. The number of halogens is 1. The molecular formula is C18H24IN3O4. The fourth-order valence-electron chi connectivity index (χ4n) is 2.36. The Balaban J connectivity index is 0.00000243. The Labute approximate surface area is 169 Å². The molecule has 8 heteroatoms. The predicted molar refractivity (Wildman–Crippen MR) is 111 cm³/mol. The standard InChI is InChI=1S/C18H23N3O4.HI/c19-18(20-7-2-8-22-13-15-4-1-9-23-15)21-14-5-6-16-17(12-14)25-11-3-10-24-16;/h1,4-6,9,12H,2-3,7-8,10-11,13H2,(H3,19,20,21);1H. The second-order valence-electron chi connectivity index (χ2n) is 5.59. The highest BCUT2D eigenvalue weighted by Gasteiger charge is 2.10. The smallest absolute Gasteiger partial charge is 0.193 e. The molecule has 2 heterocycles. The number of nitrogens with one attached hydrogen (secondary N) is 1. The highest BCUT2D eigenvalue weighted by Crippen LogP contribution is 2.32. The highest BCUT2D eigenvalue weighted by molar-refractivity contribution is 14.0. The molecule has 1 aromatic carbocycles. The largest absolute Gasteiger partial charge is 0.490 e. The van der Waals surface area contributed by atoms with Crippen LogP contribution in [0.2, 0.25) is 0 Å². The molecule has 0 saturated carbocycles. The van der Waals surface area contributed by atoms with Crippen molar-refractivity contribution in [3.05, 3.63) is 42.4 Å². The molecule has 3 rings (SSSR count). The molecule has 0 amide bonds. The number of hydrogen-bond donors (Lipinski definition) is 2. The lowest BCUT2D eigenvalue weighted by molar-refractivity contribution is 0.105. The molecule has 3 N–H and O–H groups in total. The zero-order chi connectivity index (χ0) is 17.3. The molecule has 1 aromatic heterocycles. The topological polar surface area (TPSA) is 91.2 Å². The van der Waals surface area contributed by atoms with Gasteiger partial charge >= 0.3 is 0 Å². The van der Waals surface area contributed by atoms with Crippen LogP contribution in [0.1, 0.15) is 18.6 Å². The van der Waals surface area contributed by atoms with Crippen molar-refractivity contribution in [3.8, 4) is 11.5 Å². The lowest BCUT2D eigenvalue weighted by Crippen LogP contribution is -2.23. The molecule has 0 fully saturated rings. The lowest BCUT2D eigenvalue weighted by atomic mass is 10.3. The van der Waals surface area contributed by atoms with Crippen LogP contribution < -0.4 is 20.5 Å². The van der Waals surface area contributed by atoms with Gasteiger partial charge in [-0.3, -0.25) is 4.99 Å². The van der Waals surface area contributed by atoms with Crippen molar-refractivity contribution in [2.45, 2.75) is 19.4 Å². The Hall–Kier alpha value is -1.94. The molecule has 1 aliphatic rings. The molecular weight excluding hydrogens is 449 g/mol. The average Bonchev–Trinajstić information content (AvgIpc) is 3.02. The van der Waals surface area contributed by atoms with Crippen LogP contribution in [0.15, 0.2) is 46.0 Å². The molecule has 2 aromatic rings. The van der Waals surface area contributed by atoms with Crippen LogP contribution in [-0.2, 0) is 11.3 Å². The second kappa shape index (κ2) is 10.9. The van der Waals surface area contributed by atoms with Gasteiger partial charge in [0.25, 0.3) is 0 Å². The van der Waals surface area contributed by atoms with E-state index in [0.717, 1.165) is 35.8 Å². The summed E-state index contributed by atoms with van der Waals surface area (Å²) in [4.78, 5) is 4.29. The molecule has 0 unspecified atom stereocenters. The minimum Gasteiger partial charge on any atom is -0.490 e. The first-order valence-corrected chi connectivity index (χ1v) is 8.38. The Morgan fingerprint density at radius 3 is 2.85 bits per heavy atom. The summed E-state index contributed by atoms with van der Waals surface area (Å²) in [5.41, 5.74) is 6.73. The third kappa shape index (κ3) is 6.41. The number of nitrogens with two attached hydrogens (primary N) is 1. The fraction of sp³-hybridized carbons (Fsp3) is 0.389. The molecule has 1 aliphatic heterocycles. The zero-order valence-electron chi connectivity index (χ0n) is 14.5. The van der Waals surface area contributed by atoms with Crippen LogP contribution >= 0.6 is 24.0 Å². The van der Waals surface area contributed by atoms with E-state index < -0.39 is 0 Å². The van der Waals surface area contributed by atoms with Gasteiger partial charge in [-0.15, -0.1) is 24.0 Å². The van der Waals surface area contributed by atoms with Gasteiger partial charge in [-0.25, -0.2) is 0 Å². The van der Waals surface area contributed by atoms with Crippen LogP contribution in [0, 0.1) is 0 Å². The van der Waals surface area contributed by atoms with Crippen molar-refractivity contribution < 1.29 is 18.6 Å². The van der Waals surface area contributed by atoms with E-state index in [-0.39, 0.29) is 24.0 Å². The number of furan rings is 1. The molecule has 0 atom stereocenters. The van der Waals surface area contributed by atoms with Gasteiger partial charge in [-0.2, -0.15) is 0 Å². The van der Waals surface area contributed by atoms with Gasteiger partial charge in [-0.05, 0) is 30.7 Å². The molecule has 142 valence electrons. The van der Waals surface area contributed by atoms with Crippen LogP contribution in [-0.4, -0.2) is 32.3 Å². The fourth-order valence-corrected chi connectivity index (χ4v) is 2.36. The number of ether oxygens (including phenoxy) is 3. The van der Waals surface area contributed by atoms with Gasteiger partial charge < -0.3 is 29.7 Å². The first-order valence-electron chi connectivity index (χ1n) is 8.38. The number of aliphatic imine (C=N–C) groups is 1. The summed E-state index contributed by atoms with van der Waals surface area (Å²) in [5.74, 6) is 2.66. The van der Waals surface area contributed by atoms with Crippen LogP contribution in [0.3, 0.4) is 0 Å². The maximum absolute atomic E-state index is 5.92. The minimum absolute atomic E-state index is 0. The number of hydrogen-bond acceptors (Lipinski definition) is 5. The van der Waals surface area contributed by atoms with E-state index in [9.17, 15) is 0 Å². The SMILES string of the molecule is I.NC(=NCCCOCc1ccco1)Nc1ccc2c(c1)OCCCO2. The third-order valence-electron chi connectivity index (χ3n) is 3.57. The Morgan fingerprint density at radius 2 is 2.04 bits per heavy atom. The van der Waals surface area contributed by atoms with E-state index in [1.807, 2.05) is 30.3 Å². The monoisotopic (exact) mass is 473 g/mol. The molecule has 0 radical (unpaired) electrons. The van der Waals surface area contributed by atoms with E-state index in [0.29, 0.717) is 38.9 Å². The van der Waals surface area contributed by atoms with E-state index in [1.165, 1.54) is 0 Å².